The summed E-state index contributed by atoms with van der Waals surface area (Å²) in [5.74, 6) is 1.57. The highest BCUT2D eigenvalue weighted by Crippen LogP contribution is 2.40. The predicted molar refractivity (Wildman–Crippen MR) is 147 cm³/mol. The number of nitrogens with zero attached hydrogens (tertiary/aromatic N) is 3. The zero-order valence-electron chi connectivity index (χ0n) is 22.7. The van der Waals surface area contributed by atoms with Crippen LogP contribution in [0.2, 0.25) is 5.02 Å². The molecule has 3 aliphatic heterocycles. The molecule has 2 fully saturated rings. The van der Waals surface area contributed by atoms with Crippen LogP contribution in [-0.4, -0.2) is 64.3 Å². The number of rotatable bonds is 4. The van der Waals surface area contributed by atoms with Crippen LogP contribution >= 0.6 is 11.6 Å². The first-order valence-electron chi connectivity index (χ1n) is 13.5. The van der Waals surface area contributed by atoms with Crippen molar-refractivity contribution in [3.05, 3.63) is 46.8 Å². The van der Waals surface area contributed by atoms with Gasteiger partial charge in [0.05, 0.1) is 22.4 Å². The van der Waals surface area contributed by atoms with E-state index >= 15 is 0 Å². The number of benzene rings is 1. The molecule has 1 aromatic carbocycles. The lowest BCUT2D eigenvalue weighted by molar-refractivity contribution is -0.0548. The summed E-state index contributed by atoms with van der Waals surface area (Å²) >= 11 is 6.58. The molecule has 38 heavy (non-hydrogen) atoms. The van der Waals surface area contributed by atoms with Gasteiger partial charge in [0.15, 0.2) is 0 Å². The Bertz CT molecular complexity index is 1150. The fourth-order valence-corrected chi connectivity index (χ4v) is 5.27. The van der Waals surface area contributed by atoms with Crippen LogP contribution < -0.4 is 10.9 Å². The molecular weight excluding hydrogens is 506 g/mol. The average molecular weight is 544 g/mol. The molecule has 2 N–H and O–H groups in total. The van der Waals surface area contributed by atoms with Gasteiger partial charge in [0, 0.05) is 37.7 Å². The highest BCUT2D eigenvalue weighted by Gasteiger charge is 2.41. The van der Waals surface area contributed by atoms with Crippen molar-refractivity contribution in [2.24, 2.45) is 5.92 Å². The Morgan fingerprint density at radius 2 is 1.89 bits per heavy atom. The van der Waals surface area contributed by atoms with Gasteiger partial charge in [-0.2, -0.15) is 0 Å². The molecule has 10 heteroatoms. The van der Waals surface area contributed by atoms with E-state index in [1.807, 2.05) is 43.9 Å². The van der Waals surface area contributed by atoms with E-state index in [9.17, 15) is 9.59 Å². The number of nitrogens with one attached hydrogen (secondary N) is 2. The predicted octanol–water partition coefficient (Wildman–Crippen LogP) is 5.75. The Morgan fingerprint density at radius 1 is 1.16 bits per heavy atom. The number of anilines is 1. The molecule has 5 rings (SSSR count). The highest BCUT2D eigenvalue weighted by molar-refractivity contribution is 6.34. The molecule has 4 aliphatic rings. The second-order valence-corrected chi connectivity index (χ2v) is 12.3. The summed E-state index contributed by atoms with van der Waals surface area (Å²) in [6, 6.07) is 5.47. The highest BCUT2D eigenvalue weighted by atomic mass is 35.5. The Hall–Kier alpha value is -2.91. The van der Waals surface area contributed by atoms with E-state index in [2.05, 4.69) is 29.0 Å². The Labute approximate surface area is 229 Å². The van der Waals surface area contributed by atoms with Crippen LogP contribution in [0, 0.1) is 5.92 Å². The number of hydrazine groups is 1. The molecule has 9 nitrogen and oxygen atoms in total. The lowest BCUT2D eigenvalue weighted by Gasteiger charge is -2.43. The van der Waals surface area contributed by atoms with Crippen LogP contribution in [0.4, 0.5) is 15.3 Å². The van der Waals surface area contributed by atoms with Crippen molar-refractivity contribution in [1.82, 2.24) is 20.4 Å². The van der Waals surface area contributed by atoms with Crippen LogP contribution in [0.25, 0.3) is 5.57 Å². The molecule has 3 amide bonds. The lowest BCUT2D eigenvalue weighted by Crippen LogP contribution is -2.55. The van der Waals surface area contributed by atoms with Gasteiger partial charge in [0.2, 0.25) is 0 Å². The molecule has 3 heterocycles. The number of piperidine rings is 1. The van der Waals surface area contributed by atoms with Gasteiger partial charge in [-0.1, -0.05) is 35.4 Å². The molecule has 1 aliphatic carbocycles. The summed E-state index contributed by atoms with van der Waals surface area (Å²) < 4.78 is 5.50. The maximum absolute atomic E-state index is 13.3. The number of ether oxygens (including phenoxy) is 1. The second kappa shape index (κ2) is 10.3. The summed E-state index contributed by atoms with van der Waals surface area (Å²) in [6.45, 7) is 10.0. The van der Waals surface area contributed by atoms with Crippen molar-refractivity contribution >= 4 is 35.0 Å². The quantitative estimate of drug-likeness (QED) is 0.502. The summed E-state index contributed by atoms with van der Waals surface area (Å²) in [4.78, 5) is 35.0. The monoisotopic (exact) mass is 543 g/mol. The number of para-hydroxylation sites is 1. The first-order chi connectivity index (χ1) is 18.0. The van der Waals surface area contributed by atoms with Gasteiger partial charge in [-0.05, 0) is 71.4 Å². The van der Waals surface area contributed by atoms with Crippen LogP contribution in [-0.2, 0) is 9.57 Å². The maximum atomic E-state index is 13.3. The molecule has 0 unspecified atom stereocenters. The summed E-state index contributed by atoms with van der Waals surface area (Å²) in [6.07, 6.45) is 8.43. The molecule has 0 bridgehead atoms. The third kappa shape index (κ3) is 5.89. The molecule has 0 spiro atoms. The van der Waals surface area contributed by atoms with Crippen LogP contribution in [0.1, 0.15) is 65.4 Å². The number of carbonyl (C=O) groups excluding carboxylic acids is 2. The zero-order chi connectivity index (χ0) is 27.1. The van der Waals surface area contributed by atoms with Gasteiger partial charge in [0.1, 0.15) is 11.4 Å². The van der Waals surface area contributed by atoms with Crippen molar-refractivity contribution in [2.75, 3.05) is 31.5 Å². The standard InChI is InChI=1S/C28H38ClN5O4/c1-27(2,3)37-26(36)33-14-10-19(11-15-33)21-6-5-7-22(29)24(21)30-25(35)32-16-12-28(4,13-17-32)34-18-23(38-31-34)20-8-9-20/h5-7,10,18,20,31H,8-9,11-17H2,1-4H3,(H,30,35). The fourth-order valence-electron chi connectivity index (χ4n) is 5.05. The number of carbonyl (C=O) groups is 2. The minimum absolute atomic E-state index is 0.129. The minimum atomic E-state index is -0.535. The maximum Gasteiger partial charge on any atom is 0.410 e. The van der Waals surface area contributed by atoms with Crippen molar-refractivity contribution < 1.29 is 19.2 Å². The van der Waals surface area contributed by atoms with Gasteiger partial charge < -0.3 is 24.7 Å². The van der Waals surface area contributed by atoms with E-state index < -0.39 is 5.60 Å². The molecule has 0 radical (unpaired) electrons. The Balaban J connectivity index is 1.21. The first kappa shape index (κ1) is 26.7. The Kier molecular flexibility index (Phi) is 7.26. The number of halogens is 1. The van der Waals surface area contributed by atoms with E-state index in [1.165, 1.54) is 12.8 Å². The van der Waals surface area contributed by atoms with Gasteiger partial charge in [-0.15, -0.1) is 0 Å². The topological polar surface area (TPSA) is 86.4 Å². The fraction of sp³-hybridized carbons (Fsp3) is 0.571. The third-order valence-corrected chi connectivity index (χ3v) is 7.97. The average Bonchev–Trinajstić information content (AvgIpc) is 3.60. The van der Waals surface area contributed by atoms with Crippen LogP contribution in [0.15, 0.2) is 36.2 Å². The number of hydrogen-bond donors (Lipinski definition) is 2. The van der Waals surface area contributed by atoms with Crippen molar-refractivity contribution in [2.45, 2.75) is 70.9 Å². The normalized spacial score (nSPS) is 21.4. The number of likely N-dealkylation sites (tertiary alicyclic amines) is 1. The largest absolute Gasteiger partial charge is 0.444 e. The summed E-state index contributed by atoms with van der Waals surface area (Å²) in [5.41, 5.74) is 4.93. The minimum Gasteiger partial charge on any atom is -0.444 e. The molecule has 206 valence electrons. The van der Waals surface area contributed by atoms with E-state index in [-0.39, 0.29) is 17.7 Å². The smallest absolute Gasteiger partial charge is 0.410 e. The summed E-state index contributed by atoms with van der Waals surface area (Å²) in [7, 11) is 0. The molecule has 1 saturated carbocycles. The number of amides is 3. The van der Waals surface area contributed by atoms with Crippen LogP contribution in [0.5, 0.6) is 0 Å². The Morgan fingerprint density at radius 3 is 2.53 bits per heavy atom. The van der Waals surface area contributed by atoms with Crippen LogP contribution in [0.3, 0.4) is 0 Å². The van der Waals surface area contributed by atoms with Gasteiger partial charge in [-0.25, -0.2) is 9.59 Å². The molecular formula is C28H38ClN5O4. The van der Waals surface area contributed by atoms with Crippen molar-refractivity contribution in [3.8, 4) is 0 Å². The lowest BCUT2D eigenvalue weighted by atomic mass is 9.89. The SMILES string of the molecule is CC(C)(C)OC(=O)N1CC=C(c2cccc(Cl)c2NC(=O)N2CCC(C)(N3C=C(C4CC4)ON3)CC2)CC1. The second-order valence-electron chi connectivity index (χ2n) is 11.9. The van der Waals surface area contributed by atoms with E-state index in [4.69, 9.17) is 21.2 Å². The molecule has 1 aromatic rings. The number of urea groups is 1. The van der Waals surface area contributed by atoms with E-state index in [0.717, 1.165) is 29.7 Å². The zero-order valence-corrected chi connectivity index (χ0v) is 23.4. The number of allylic oxidation sites excluding steroid dienone is 1. The molecule has 1 saturated heterocycles. The number of hydrogen-bond acceptors (Lipinski definition) is 6. The molecule has 0 aromatic heterocycles. The summed E-state index contributed by atoms with van der Waals surface area (Å²) in [5, 5.41) is 5.64. The third-order valence-electron chi connectivity index (χ3n) is 7.66. The molecule has 0 atom stereocenters. The van der Waals surface area contributed by atoms with Gasteiger partial charge in [-0.3, -0.25) is 5.01 Å². The van der Waals surface area contributed by atoms with Gasteiger partial charge in [0.25, 0.3) is 0 Å². The van der Waals surface area contributed by atoms with E-state index in [0.29, 0.717) is 49.2 Å². The van der Waals surface area contributed by atoms with Gasteiger partial charge >= 0.3 is 12.1 Å². The van der Waals surface area contributed by atoms with E-state index in [1.54, 1.807) is 11.0 Å². The van der Waals surface area contributed by atoms with Crippen molar-refractivity contribution in [1.29, 1.82) is 0 Å². The van der Waals surface area contributed by atoms with Crippen molar-refractivity contribution in [3.63, 3.8) is 0 Å². The first-order valence-corrected chi connectivity index (χ1v) is 13.9.